The standard InChI is InChI=1S/C14H18ClN3O4/c1-2-21-12(20)7-18(6-10-4-3-5-22-10)14-11(8-19)13(15)16-9-17-14/h8-10H,2-7H2,1H3. The molecule has 0 N–H and O–H groups in total. The predicted molar refractivity (Wildman–Crippen MR) is 80.2 cm³/mol. The van der Waals surface area contributed by atoms with Gasteiger partial charge in [-0.1, -0.05) is 11.6 Å². The number of carbonyl (C=O) groups excluding carboxylic acids is 2. The zero-order chi connectivity index (χ0) is 15.9. The third-order valence-corrected chi connectivity index (χ3v) is 3.61. The van der Waals surface area contributed by atoms with Crippen molar-refractivity contribution < 1.29 is 19.1 Å². The summed E-state index contributed by atoms with van der Waals surface area (Å²) in [5.41, 5.74) is 0.159. The second-order valence-corrected chi connectivity index (χ2v) is 5.20. The number of nitrogens with zero attached hydrogens (tertiary/aromatic N) is 3. The molecule has 0 aromatic carbocycles. The molecular formula is C14H18ClN3O4. The van der Waals surface area contributed by atoms with Gasteiger partial charge in [0.25, 0.3) is 0 Å². The molecule has 1 aromatic rings. The topological polar surface area (TPSA) is 81.6 Å². The number of rotatable bonds is 7. The van der Waals surface area contributed by atoms with E-state index in [4.69, 9.17) is 21.1 Å². The largest absolute Gasteiger partial charge is 0.465 e. The fraction of sp³-hybridized carbons (Fsp3) is 0.571. The van der Waals surface area contributed by atoms with E-state index in [0.717, 1.165) is 12.8 Å². The van der Waals surface area contributed by atoms with Crippen LogP contribution in [0, 0.1) is 0 Å². The fourth-order valence-corrected chi connectivity index (χ4v) is 2.51. The van der Waals surface area contributed by atoms with Crippen LogP contribution >= 0.6 is 11.6 Å². The minimum absolute atomic E-state index is 0.0114. The van der Waals surface area contributed by atoms with Crippen LogP contribution < -0.4 is 4.90 Å². The second-order valence-electron chi connectivity index (χ2n) is 4.84. The second kappa shape index (κ2) is 8.05. The van der Waals surface area contributed by atoms with Crippen molar-refractivity contribution in [2.45, 2.75) is 25.9 Å². The lowest BCUT2D eigenvalue weighted by atomic mass is 10.2. The number of hydrogen-bond acceptors (Lipinski definition) is 7. The highest BCUT2D eigenvalue weighted by Crippen LogP contribution is 2.23. The molecule has 2 heterocycles. The first kappa shape index (κ1) is 16.6. The summed E-state index contributed by atoms with van der Waals surface area (Å²) in [7, 11) is 0. The maximum atomic E-state index is 11.8. The van der Waals surface area contributed by atoms with Crippen LogP contribution in [0.15, 0.2) is 6.33 Å². The lowest BCUT2D eigenvalue weighted by Crippen LogP contribution is -2.38. The molecule has 1 aliphatic heterocycles. The van der Waals surface area contributed by atoms with Gasteiger partial charge in [-0.3, -0.25) is 9.59 Å². The summed E-state index contributed by atoms with van der Waals surface area (Å²) < 4.78 is 10.6. The van der Waals surface area contributed by atoms with Gasteiger partial charge in [0.05, 0.1) is 18.3 Å². The molecule has 0 spiro atoms. The first-order valence-electron chi connectivity index (χ1n) is 7.13. The Kier molecular flexibility index (Phi) is 6.09. The van der Waals surface area contributed by atoms with E-state index in [1.165, 1.54) is 6.33 Å². The van der Waals surface area contributed by atoms with Crippen molar-refractivity contribution in [1.82, 2.24) is 9.97 Å². The lowest BCUT2D eigenvalue weighted by molar-refractivity contribution is -0.141. The molecule has 8 heteroatoms. The Morgan fingerprint density at radius 1 is 1.59 bits per heavy atom. The number of hydrogen-bond donors (Lipinski definition) is 0. The lowest BCUT2D eigenvalue weighted by Gasteiger charge is -2.26. The molecule has 1 aromatic heterocycles. The van der Waals surface area contributed by atoms with Crippen molar-refractivity contribution in [3.63, 3.8) is 0 Å². The van der Waals surface area contributed by atoms with Crippen molar-refractivity contribution in [2.75, 3.05) is 31.2 Å². The minimum atomic E-state index is -0.396. The summed E-state index contributed by atoms with van der Waals surface area (Å²) in [5, 5.41) is 0.0567. The third kappa shape index (κ3) is 4.14. The van der Waals surface area contributed by atoms with Gasteiger partial charge in [0.2, 0.25) is 0 Å². The quantitative estimate of drug-likeness (QED) is 0.426. The van der Waals surface area contributed by atoms with Crippen molar-refractivity contribution >= 4 is 29.7 Å². The highest BCUT2D eigenvalue weighted by molar-refractivity contribution is 6.32. The molecule has 22 heavy (non-hydrogen) atoms. The summed E-state index contributed by atoms with van der Waals surface area (Å²) >= 11 is 5.93. The molecule has 0 saturated carbocycles. The van der Waals surface area contributed by atoms with Gasteiger partial charge in [0.1, 0.15) is 23.8 Å². The van der Waals surface area contributed by atoms with Crippen LogP contribution in [0.3, 0.4) is 0 Å². The van der Waals surface area contributed by atoms with Crippen molar-refractivity contribution in [3.05, 3.63) is 17.0 Å². The number of esters is 1. The maximum absolute atomic E-state index is 11.8. The SMILES string of the molecule is CCOC(=O)CN(CC1CCCO1)c1ncnc(Cl)c1C=O. The molecule has 1 fully saturated rings. The van der Waals surface area contributed by atoms with Gasteiger partial charge in [0, 0.05) is 13.2 Å². The maximum Gasteiger partial charge on any atom is 0.325 e. The Balaban J connectivity index is 2.24. The molecule has 7 nitrogen and oxygen atoms in total. The average Bonchev–Trinajstić information content (AvgIpc) is 2.99. The Morgan fingerprint density at radius 2 is 2.41 bits per heavy atom. The molecule has 1 atom stereocenters. The van der Waals surface area contributed by atoms with Crippen LogP contribution in [-0.4, -0.2) is 54.6 Å². The third-order valence-electron chi connectivity index (χ3n) is 3.30. The van der Waals surface area contributed by atoms with Gasteiger partial charge in [-0.15, -0.1) is 0 Å². The van der Waals surface area contributed by atoms with Gasteiger partial charge in [-0.25, -0.2) is 9.97 Å². The number of halogens is 1. The van der Waals surface area contributed by atoms with E-state index in [1.807, 2.05) is 0 Å². The van der Waals surface area contributed by atoms with E-state index in [2.05, 4.69) is 9.97 Å². The Bertz CT molecular complexity index is 535. The summed E-state index contributed by atoms with van der Waals surface area (Å²) in [5.74, 6) is -0.0781. The van der Waals surface area contributed by atoms with E-state index in [0.29, 0.717) is 25.3 Å². The normalized spacial score (nSPS) is 17.3. The number of aromatic nitrogens is 2. The molecule has 0 radical (unpaired) electrons. The first-order chi connectivity index (χ1) is 10.7. The fourth-order valence-electron chi connectivity index (χ4n) is 2.34. The number of ether oxygens (including phenoxy) is 2. The summed E-state index contributed by atoms with van der Waals surface area (Å²) in [6.45, 7) is 3.14. The van der Waals surface area contributed by atoms with Crippen LogP contribution in [0.5, 0.6) is 0 Å². The van der Waals surface area contributed by atoms with Gasteiger partial charge < -0.3 is 14.4 Å². The van der Waals surface area contributed by atoms with Gasteiger partial charge in [0.15, 0.2) is 6.29 Å². The molecule has 0 bridgehead atoms. The van der Waals surface area contributed by atoms with Crippen molar-refractivity contribution in [2.24, 2.45) is 0 Å². The van der Waals surface area contributed by atoms with Crippen LogP contribution in [0.4, 0.5) is 5.82 Å². The Hall–Kier alpha value is -1.73. The first-order valence-corrected chi connectivity index (χ1v) is 7.51. The monoisotopic (exact) mass is 327 g/mol. The van der Waals surface area contributed by atoms with Crippen molar-refractivity contribution in [1.29, 1.82) is 0 Å². The van der Waals surface area contributed by atoms with Gasteiger partial charge in [-0.2, -0.15) is 0 Å². The van der Waals surface area contributed by atoms with Gasteiger partial charge in [-0.05, 0) is 19.8 Å². The van der Waals surface area contributed by atoms with E-state index >= 15 is 0 Å². The molecular weight excluding hydrogens is 310 g/mol. The number of anilines is 1. The summed E-state index contributed by atoms with van der Waals surface area (Å²) in [6, 6.07) is 0. The van der Waals surface area contributed by atoms with Crippen LogP contribution in [0.25, 0.3) is 0 Å². The van der Waals surface area contributed by atoms with E-state index < -0.39 is 5.97 Å². The minimum Gasteiger partial charge on any atom is -0.465 e. The molecule has 120 valence electrons. The van der Waals surface area contributed by atoms with E-state index in [-0.39, 0.29) is 30.0 Å². The highest BCUT2D eigenvalue weighted by atomic mass is 35.5. The molecule has 1 unspecified atom stereocenters. The van der Waals surface area contributed by atoms with E-state index in [9.17, 15) is 9.59 Å². The van der Waals surface area contributed by atoms with Crippen molar-refractivity contribution in [3.8, 4) is 0 Å². The molecule has 0 aliphatic carbocycles. The number of carbonyl (C=O) groups is 2. The smallest absolute Gasteiger partial charge is 0.325 e. The molecule has 0 amide bonds. The zero-order valence-corrected chi connectivity index (χ0v) is 13.1. The van der Waals surface area contributed by atoms with Crippen LogP contribution in [0.1, 0.15) is 30.1 Å². The Labute approximate surface area is 133 Å². The highest BCUT2D eigenvalue weighted by Gasteiger charge is 2.25. The van der Waals surface area contributed by atoms with Crippen LogP contribution in [-0.2, 0) is 14.3 Å². The zero-order valence-electron chi connectivity index (χ0n) is 12.3. The predicted octanol–water partition coefficient (Wildman–Crippen LogP) is 1.49. The Morgan fingerprint density at radius 3 is 3.05 bits per heavy atom. The summed E-state index contributed by atoms with van der Waals surface area (Å²) in [4.78, 5) is 32.6. The summed E-state index contributed by atoms with van der Waals surface area (Å²) in [6.07, 6.45) is 3.71. The van der Waals surface area contributed by atoms with E-state index in [1.54, 1.807) is 11.8 Å². The molecule has 1 saturated heterocycles. The van der Waals surface area contributed by atoms with Crippen LogP contribution in [0.2, 0.25) is 5.15 Å². The molecule has 2 rings (SSSR count). The van der Waals surface area contributed by atoms with Gasteiger partial charge >= 0.3 is 5.97 Å². The molecule has 1 aliphatic rings. The average molecular weight is 328 g/mol. The number of aldehydes is 1.